The quantitative estimate of drug-likeness (QED) is 0.155. The molecule has 0 aliphatic heterocycles. The van der Waals surface area contributed by atoms with Crippen LogP contribution in [0.3, 0.4) is 0 Å². The number of carbonyl (C=O) groups is 5. The number of phenolic OH excluding ortho intramolecular Hbond substituents is 1. The highest BCUT2D eigenvalue weighted by molar-refractivity contribution is 7.98. The van der Waals surface area contributed by atoms with E-state index in [9.17, 15) is 34.2 Å². The Kier molecular flexibility index (Phi) is 13.6. The summed E-state index contributed by atoms with van der Waals surface area (Å²) >= 11 is 1.45. The zero-order chi connectivity index (χ0) is 30.4. The van der Waals surface area contributed by atoms with Gasteiger partial charge in [0.1, 0.15) is 17.8 Å². The number of hydrogen-bond donors (Lipinski definition) is 6. The van der Waals surface area contributed by atoms with Crippen LogP contribution in [0, 0.1) is 0 Å². The Morgan fingerprint density at radius 3 is 2.15 bits per heavy atom. The normalized spacial score (nSPS) is 12.9. The fourth-order valence-corrected chi connectivity index (χ4v) is 4.29. The molecule has 222 valence electrons. The molecule has 0 bridgehead atoms. The molecule has 0 spiro atoms. The first-order chi connectivity index (χ1) is 19.5. The highest BCUT2D eigenvalue weighted by atomic mass is 32.2. The van der Waals surface area contributed by atoms with Crippen molar-refractivity contribution in [3.63, 3.8) is 0 Å². The number of amides is 4. The molecule has 0 unspecified atom stereocenters. The van der Waals surface area contributed by atoms with E-state index in [-0.39, 0.29) is 25.0 Å². The van der Waals surface area contributed by atoms with Crippen LogP contribution in [0.5, 0.6) is 5.75 Å². The third-order valence-corrected chi connectivity index (χ3v) is 6.89. The van der Waals surface area contributed by atoms with Crippen LogP contribution in [0.25, 0.3) is 0 Å². The van der Waals surface area contributed by atoms with Crippen molar-refractivity contribution in [2.45, 2.75) is 37.4 Å². The molecule has 2 aromatic carbocycles. The van der Waals surface area contributed by atoms with Gasteiger partial charge in [0.05, 0.1) is 19.1 Å². The highest BCUT2D eigenvalue weighted by Crippen LogP contribution is 2.12. The number of rotatable bonds is 16. The fourth-order valence-electron chi connectivity index (χ4n) is 3.82. The van der Waals surface area contributed by atoms with Crippen molar-refractivity contribution < 1.29 is 34.2 Å². The molecule has 2 aromatic rings. The lowest BCUT2D eigenvalue weighted by Crippen LogP contribution is -2.55. The van der Waals surface area contributed by atoms with Crippen molar-refractivity contribution in [3.05, 3.63) is 65.7 Å². The Balaban J connectivity index is 1.94. The molecule has 0 saturated heterocycles. The van der Waals surface area contributed by atoms with Crippen molar-refractivity contribution in [3.8, 4) is 5.75 Å². The molecule has 0 aromatic heterocycles. The van der Waals surface area contributed by atoms with Gasteiger partial charge in [-0.15, -0.1) is 0 Å². The number of likely N-dealkylation sites (N-methyl/N-ethyl adjacent to an activating group) is 1. The number of carbonyl (C=O) groups excluding carboxylic acids is 4. The number of aromatic hydroxyl groups is 1. The number of benzene rings is 2. The van der Waals surface area contributed by atoms with Gasteiger partial charge in [-0.1, -0.05) is 42.5 Å². The van der Waals surface area contributed by atoms with Crippen molar-refractivity contribution in [1.82, 2.24) is 20.9 Å². The summed E-state index contributed by atoms with van der Waals surface area (Å²) in [4.78, 5) is 63.5. The molecule has 13 heteroatoms. The maximum atomic E-state index is 13.2. The molecule has 0 aliphatic rings. The Morgan fingerprint density at radius 2 is 1.54 bits per heavy atom. The van der Waals surface area contributed by atoms with Crippen molar-refractivity contribution in [1.29, 1.82) is 0 Å². The predicted molar refractivity (Wildman–Crippen MR) is 155 cm³/mol. The van der Waals surface area contributed by atoms with E-state index in [0.29, 0.717) is 5.75 Å². The van der Waals surface area contributed by atoms with E-state index in [1.165, 1.54) is 35.8 Å². The van der Waals surface area contributed by atoms with E-state index in [4.69, 9.17) is 5.73 Å². The molecule has 0 fully saturated rings. The number of hydrogen-bond acceptors (Lipinski definition) is 8. The van der Waals surface area contributed by atoms with E-state index in [1.54, 1.807) is 36.4 Å². The third-order valence-electron chi connectivity index (χ3n) is 6.25. The summed E-state index contributed by atoms with van der Waals surface area (Å²) in [6.07, 6.45) is 2.38. The summed E-state index contributed by atoms with van der Waals surface area (Å²) in [6, 6.07) is 12.1. The van der Waals surface area contributed by atoms with Crippen LogP contribution in [-0.4, -0.2) is 95.0 Å². The topological polar surface area (TPSA) is 191 Å². The Hall–Kier alpha value is -4.10. The number of phenols is 1. The smallest absolute Gasteiger partial charge is 0.326 e. The average molecular weight is 588 g/mol. The maximum absolute atomic E-state index is 13.2. The van der Waals surface area contributed by atoms with Crippen LogP contribution in [-0.2, 0) is 36.8 Å². The molecule has 3 atom stereocenters. The van der Waals surface area contributed by atoms with Gasteiger partial charge >= 0.3 is 5.97 Å². The second-order valence-corrected chi connectivity index (χ2v) is 10.3. The van der Waals surface area contributed by atoms with Gasteiger partial charge in [0.2, 0.25) is 23.6 Å². The van der Waals surface area contributed by atoms with Crippen molar-refractivity contribution in [2.24, 2.45) is 5.73 Å². The van der Waals surface area contributed by atoms with Gasteiger partial charge in [-0.05, 0) is 48.1 Å². The molecular formula is C28H37N5O7S. The predicted octanol–water partition coefficient (Wildman–Crippen LogP) is -0.113. The third kappa shape index (κ3) is 11.5. The molecule has 0 heterocycles. The van der Waals surface area contributed by atoms with Crippen LogP contribution in [0.2, 0.25) is 0 Å². The first-order valence-electron chi connectivity index (χ1n) is 12.9. The van der Waals surface area contributed by atoms with Crippen molar-refractivity contribution >= 4 is 41.4 Å². The minimum absolute atomic E-state index is 0.0891. The molecule has 2 rings (SSSR count). The molecule has 4 amide bonds. The van der Waals surface area contributed by atoms with E-state index < -0.39 is 60.8 Å². The fraction of sp³-hybridized carbons (Fsp3) is 0.393. The number of nitrogens with zero attached hydrogens (tertiary/aromatic N) is 1. The molecule has 7 N–H and O–H groups in total. The molecule has 0 saturated carbocycles. The SMILES string of the molecule is CSCC[C@H](NC(=O)[C@H](Cc1ccccc1)N(C)C(=O)CNC(=O)CNC(=O)[C@@H](N)Cc1ccc(O)cc1)C(=O)O. The number of thioether (sulfide) groups is 1. The van der Waals surface area contributed by atoms with Gasteiger partial charge in [0.25, 0.3) is 0 Å². The zero-order valence-electron chi connectivity index (χ0n) is 23.0. The first-order valence-corrected chi connectivity index (χ1v) is 14.3. The highest BCUT2D eigenvalue weighted by Gasteiger charge is 2.30. The molecule has 0 radical (unpaired) electrons. The van der Waals surface area contributed by atoms with Gasteiger partial charge in [0, 0.05) is 13.5 Å². The molecule has 41 heavy (non-hydrogen) atoms. The van der Waals surface area contributed by atoms with Crippen LogP contribution < -0.4 is 21.7 Å². The van der Waals surface area contributed by atoms with E-state index in [2.05, 4.69) is 16.0 Å². The number of carboxylic acid groups (broad SMARTS) is 1. The standard InChI is InChI=1S/C28H37N5O7S/c1-33(23(15-18-6-4-3-5-7-18)27(38)32-22(28(39)40)12-13-41-2)25(36)17-30-24(35)16-31-26(37)21(29)14-19-8-10-20(34)11-9-19/h3-11,21-23,34H,12-17,29H2,1-2H3,(H,30,35)(H,31,37)(H,32,38)(H,39,40)/t21-,22-,23-/m0/s1. The van der Waals surface area contributed by atoms with Crippen LogP contribution in [0.1, 0.15) is 17.5 Å². The van der Waals surface area contributed by atoms with E-state index in [0.717, 1.165) is 11.1 Å². The Bertz CT molecular complexity index is 1180. The lowest BCUT2D eigenvalue weighted by Gasteiger charge is -2.29. The molecular weight excluding hydrogens is 550 g/mol. The van der Waals surface area contributed by atoms with Crippen LogP contribution >= 0.6 is 11.8 Å². The van der Waals surface area contributed by atoms with Gasteiger partial charge in [0.15, 0.2) is 0 Å². The van der Waals surface area contributed by atoms with Crippen LogP contribution in [0.15, 0.2) is 54.6 Å². The second-order valence-electron chi connectivity index (χ2n) is 9.36. The summed E-state index contributed by atoms with van der Waals surface area (Å²) in [7, 11) is 1.41. The minimum Gasteiger partial charge on any atom is -0.508 e. The summed E-state index contributed by atoms with van der Waals surface area (Å²) in [5.74, 6) is -2.96. The average Bonchev–Trinajstić information content (AvgIpc) is 2.96. The number of aliphatic carboxylic acids is 1. The van der Waals surface area contributed by atoms with Gasteiger partial charge < -0.3 is 36.8 Å². The Labute approximate surface area is 243 Å². The van der Waals surface area contributed by atoms with Crippen molar-refractivity contribution in [2.75, 3.05) is 32.1 Å². The Morgan fingerprint density at radius 1 is 0.902 bits per heavy atom. The first kappa shape index (κ1) is 33.1. The summed E-state index contributed by atoms with van der Waals surface area (Å²) in [5.41, 5.74) is 7.39. The number of nitrogens with one attached hydrogen (secondary N) is 3. The van der Waals surface area contributed by atoms with Gasteiger partial charge in [-0.2, -0.15) is 11.8 Å². The summed E-state index contributed by atoms with van der Waals surface area (Å²) in [6.45, 7) is -0.860. The second kappa shape index (κ2) is 16.9. The van der Waals surface area contributed by atoms with Crippen LogP contribution in [0.4, 0.5) is 0 Å². The zero-order valence-corrected chi connectivity index (χ0v) is 23.9. The minimum atomic E-state index is -1.17. The number of carboxylic acids is 1. The maximum Gasteiger partial charge on any atom is 0.326 e. The largest absolute Gasteiger partial charge is 0.508 e. The summed E-state index contributed by atoms with van der Waals surface area (Å²) in [5, 5.41) is 26.2. The lowest BCUT2D eigenvalue weighted by atomic mass is 10.0. The molecule has 12 nitrogen and oxygen atoms in total. The lowest BCUT2D eigenvalue weighted by molar-refractivity contribution is -0.144. The monoisotopic (exact) mass is 587 g/mol. The summed E-state index contributed by atoms with van der Waals surface area (Å²) < 4.78 is 0. The molecule has 0 aliphatic carbocycles. The van der Waals surface area contributed by atoms with Gasteiger partial charge in [-0.3, -0.25) is 19.2 Å². The van der Waals surface area contributed by atoms with E-state index in [1.807, 2.05) is 12.3 Å². The number of nitrogens with two attached hydrogens (primary N) is 1. The van der Waals surface area contributed by atoms with Gasteiger partial charge in [-0.25, -0.2) is 4.79 Å². The van der Waals surface area contributed by atoms with E-state index >= 15 is 0 Å².